The summed E-state index contributed by atoms with van der Waals surface area (Å²) in [7, 11) is 0. The Morgan fingerprint density at radius 3 is 2.62 bits per heavy atom. The molecule has 6 rings (SSSR count). The van der Waals surface area contributed by atoms with E-state index in [-0.39, 0.29) is 0 Å². The number of hydrogen-bond donors (Lipinski definition) is 0. The molecular formula is C21H11NS2. The van der Waals surface area contributed by atoms with Crippen LogP contribution >= 0.6 is 22.7 Å². The molecule has 6 aromatic rings. The predicted molar refractivity (Wildman–Crippen MR) is 108 cm³/mol. The van der Waals surface area contributed by atoms with Gasteiger partial charge in [-0.3, -0.25) is 4.98 Å². The number of fused-ring (bicyclic) bond motifs is 9. The molecule has 3 aromatic heterocycles. The summed E-state index contributed by atoms with van der Waals surface area (Å²) in [6.07, 6.45) is 2.03. The van der Waals surface area contributed by atoms with E-state index >= 15 is 0 Å². The van der Waals surface area contributed by atoms with Crippen molar-refractivity contribution in [2.45, 2.75) is 0 Å². The van der Waals surface area contributed by atoms with Crippen molar-refractivity contribution in [3.63, 3.8) is 0 Å². The molecule has 1 nitrogen and oxygen atoms in total. The molecule has 3 aromatic carbocycles. The molecular weight excluding hydrogens is 330 g/mol. The normalized spacial score (nSPS) is 12.2. The lowest BCUT2D eigenvalue weighted by atomic mass is 9.97. The third-order valence-corrected chi connectivity index (χ3v) is 7.00. The lowest BCUT2D eigenvalue weighted by Gasteiger charge is -2.08. The van der Waals surface area contributed by atoms with Crippen LogP contribution in [0.3, 0.4) is 0 Å². The Hall–Kier alpha value is -2.49. The SMILES string of the molecule is c1ccc2c(c1)ccc1c2ccc2ncc3sc4sccc4c3c21. The molecule has 0 radical (unpaired) electrons. The average molecular weight is 341 g/mol. The molecule has 0 fully saturated rings. The minimum atomic E-state index is 1.08. The van der Waals surface area contributed by atoms with Crippen LogP contribution in [0.25, 0.3) is 51.9 Å². The van der Waals surface area contributed by atoms with Gasteiger partial charge in [0.15, 0.2) is 0 Å². The van der Waals surface area contributed by atoms with Crippen LogP contribution in [0, 0.1) is 0 Å². The second-order valence-electron chi connectivity index (χ2n) is 6.06. The Morgan fingerprint density at radius 2 is 1.62 bits per heavy atom. The van der Waals surface area contributed by atoms with Crippen molar-refractivity contribution in [1.82, 2.24) is 4.98 Å². The van der Waals surface area contributed by atoms with Gasteiger partial charge < -0.3 is 0 Å². The number of benzene rings is 3. The van der Waals surface area contributed by atoms with E-state index in [0.717, 1.165) is 5.52 Å². The molecule has 0 amide bonds. The molecule has 0 saturated carbocycles. The van der Waals surface area contributed by atoms with E-state index in [9.17, 15) is 0 Å². The Balaban J connectivity index is 1.97. The van der Waals surface area contributed by atoms with Gasteiger partial charge in [-0.1, -0.05) is 42.5 Å². The van der Waals surface area contributed by atoms with E-state index in [0.29, 0.717) is 0 Å². The maximum atomic E-state index is 4.73. The molecule has 3 heterocycles. The van der Waals surface area contributed by atoms with Crippen molar-refractivity contribution in [2.75, 3.05) is 0 Å². The van der Waals surface area contributed by atoms with Crippen LogP contribution in [-0.4, -0.2) is 4.98 Å². The van der Waals surface area contributed by atoms with Crippen molar-refractivity contribution < 1.29 is 0 Å². The number of thiophene rings is 2. The highest BCUT2D eigenvalue weighted by Crippen LogP contribution is 2.43. The van der Waals surface area contributed by atoms with Crippen molar-refractivity contribution >= 4 is 74.6 Å². The molecule has 0 bridgehead atoms. The Morgan fingerprint density at radius 1 is 0.708 bits per heavy atom. The summed E-state index contributed by atoms with van der Waals surface area (Å²) >= 11 is 3.67. The van der Waals surface area contributed by atoms with Gasteiger partial charge in [-0.15, -0.1) is 22.7 Å². The fraction of sp³-hybridized carbons (Fsp3) is 0. The van der Waals surface area contributed by atoms with Crippen LogP contribution in [0.2, 0.25) is 0 Å². The summed E-state index contributed by atoms with van der Waals surface area (Å²) in [6.45, 7) is 0. The molecule has 112 valence electrons. The highest BCUT2D eigenvalue weighted by molar-refractivity contribution is 7.41. The predicted octanol–water partition coefficient (Wildman–Crippen LogP) is 6.97. The quantitative estimate of drug-likeness (QED) is 0.272. The van der Waals surface area contributed by atoms with Gasteiger partial charge in [-0.2, -0.15) is 0 Å². The van der Waals surface area contributed by atoms with Crippen LogP contribution in [0.4, 0.5) is 0 Å². The zero-order valence-electron chi connectivity index (χ0n) is 12.6. The van der Waals surface area contributed by atoms with Crippen molar-refractivity contribution in [2.24, 2.45) is 0 Å². The number of rotatable bonds is 0. The van der Waals surface area contributed by atoms with Crippen LogP contribution in [-0.2, 0) is 0 Å². The van der Waals surface area contributed by atoms with E-state index in [1.807, 2.05) is 28.9 Å². The number of nitrogens with zero attached hydrogens (tertiary/aromatic N) is 1. The van der Waals surface area contributed by atoms with Crippen molar-refractivity contribution in [3.8, 4) is 0 Å². The number of aromatic nitrogens is 1. The maximum absolute atomic E-state index is 4.73. The third-order valence-electron chi connectivity index (χ3n) is 4.82. The summed E-state index contributed by atoms with van der Waals surface area (Å²) in [4.78, 5) is 4.73. The largest absolute Gasteiger partial charge is 0.255 e. The standard InChI is InChI=1S/C21H11NS2/c1-2-4-13-12(3-1)5-6-15-14(13)7-8-17-19(15)20-16-9-10-23-21(16)24-18(20)11-22-17/h1-11H. The van der Waals surface area contributed by atoms with E-state index in [4.69, 9.17) is 4.98 Å². The summed E-state index contributed by atoms with van der Waals surface area (Å²) in [5.41, 5.74) is 1.08. The lowest BCUT2D eigenvalue weighted by Crippen LogP contribution is -1.84. The van der Waals surface area contributed by atoms with E-state index in [1.54, 1.807) is 0 Å². The first kappa shape index (κ1) is 12.9. The molecule has 3 heteroatoms. The molecule has 0 aliphatic carbocycles. The molecule has 0 aliphatic heterocycles. The summed E-state index contributed by atoms with van der Waals surface area (Å²) < 4.78 is 2.67. The Bertz CT molecular complexity index is 1410. The van der Waals surface area contributed by atoms with Gasteiger partial charge in [0.1, 0.15) is 0 Å². The molecule has 0 unspecified atom stereocenters. The Kier molecular flexibility index (Phi) is 2.43. The van der Waals surface area contributed by atoms with Crippen LogP contribution in [0.5, 0.6) is 0 Å². The molecule has 0 spiro atoms. The fourth-order valence-corrected chi connectivity index (χ4v) is 5.92. The fourth-order valence-electron chi connectivity index (χ4n) is 3.77. The molecule has 24 heavy (non-hydrogen) atoms. The zero-order valence-corrected chi connectivity index (χ0v) is 14.2. The van der Waals surface area contributed by atoms with Crippen LogP contribution in [0.1, 0.15) is 0 Å². The average Bonchev–Trinajstić information content (AvgIpc) is 3.21. The van der Waals surface area contributed by atoms with Gasteiger partial charge in [0.2, 0.25) is 0 Å². The number of hydrogen-bond acceptors (Lipinski definition) is 3. The van der Waals surface area contributed by atoms with E-state index in [2.05, 4.69) is 60.0 Å². The van der Waals surface area contributed by atoms with Gasteiger partial charge in [0.25, 0.3) is 0 Å². The second kappa shape index (κ2) is 4.53. The summed E-state index contributed by atoms with van der Waals surface area (Å²) in [5, 5.41) is 11.4. The van der Waals surface area contributed by atoms with Gasteiger partial charge in [-0.05, 0) is 39.1 Å². The smallest absolute Gasteiger partial charge is 0.0878 e. The molecule has 0 atom stereocenters. The first-order chi connectivity index (χ1) is 11.9. The summed E-state index contributed by atoms with van der Waals surface area (Å²) in [5.74, 6) is 0. The molecule has 0 aliphatic rings. The minimum absolute atomic E-state index is 1.08. The molecule has 0 N–H and O–H groups in total. The third kappa shape index (κ3) is 1.56. The van der Waals surface area contributed by atoms with E-state index < -0.39 is 0 Å². The Labute approximate surface area is 145 Å². The van der Waals surface area contributed by atoms with Gasteiger partial charge in [0, 0.05) is 22.4 Å². The van der Waals surface area contributed by atoms with Crippen LogP contribution < -0.4 is 0 Å². The maximum Gasteiger partial charge on any atom is 0.0878 e. The second-order valence-corrected chi connectivity index (χ2v) is 8.29. The highest BCUT2D eigenvalue weighted by atomic mass is 32.2. The van der Waals surface area contributed by atoms with Crippen LogP contribution in [0.15, 0.2) is 66.2 Å². The van der Waals surface area contributed by atoms with Crippen molar-refractivity contribution in [3.05, 3.63) is 66.2 Å². The van der Waals surface area contributed by atoms with E-state index in [1.165, 1.54) is 46.4 Å². The monoisotopic (exact) mass is 341 g/mol. The summed E-state index contributed by atoms with van der Waals surface area (Å²) in [6, 6.07) is 19.7. The lowest BCUT2D eigenvalue weighted by molar-refractivity contribution is 1.46. The number of pyridine rings is 1. The minimum Gasteiger partial charge on any atom is -0.255 e. The highest BCUT2D eigenvalue weighted by Gasteiger charge is 2.13. The van der Waals surface area contributed by atoms with Gasteiger partial charge in [0.05, 0.1) is 14.2 Å². The first-order valence-corrected chi connectivity index (χ1v) is 9.59. The molecule has 0 saturated heterocycles. The van der Waals surface area contributed by atoms with Crippen molar-refractivity contribution in [1.29, 1.82) is 0 Å². The topological polar surface area (TPSA) is 12.9 Å². The van der Waals surface area contributed by atoms with Gasteiger partial charge >= 0.3 is 0 Å². The zero-order chi connectivity index (χ0) is 15.7. The first-order valence-electron chi connectivity index (χ1n) is 7.89. The van der Waals surface area contributed by atoms with Gasteiger partial charge in [-0.25, -0.2) is 0 Å².